The van der Waals surface area contributed by atoms with Gasteiger partial charge in [0, 0.05) is 16.3 Å². The van der Waals surface area contributed by atoms with Crippen molar-refractivity contribution in [3.8, 4) is 5.75 Å². The highest BCUT2D eigenvalue weighted by Crippen LogP contribution is 2.18. The number of ether oxygens (including phenoxy) is 1. The fourth-order valence-corrected chi connectivity index (χ4v) is 4.47. The van der Waals surface area contributed by atoms with Gasteiger partial charge in [-0.25, -0.2) is 13.8 Å². The van der Waals surface area contributed by atoms with Crippen LogP contribution in [-0.2, 0) is 16.6 Å². The summed E-state index contributed by atoms with van der Waals surface area (Å²) in [6.45, 7) is 2.28. The fraction of sp³-hybridized carbons (Fsp3) is 0.0714. The Kier molecular flexibility index (Phi) is 8.22. The Morgan fingerprint density at radius 1 is 0.946 bits per heavy atom. The Morgan fingerprint density at radius 3 is 2.35 bits per heavy atom. The van der Waals surface area contributed by atoms with E-state index in [2.05, 4.69) is 15.2 Å². The monoisotopic (exact) mass is 533 g/mol. The molecule has 0 aromatic heterocycles. The number of carbonyl (C=O) groups is 1. The Hall–Kier alpha value is -4.14. The van der Waals surface area contributed by atoms with E-state index in [-0.39, 0.29) is 4.90 Å². The minimum absolute atomic E-state index is 0.161. The quantitative estimate of drug-likeness (QED) is 0.210. The van der Waals surface area contributed by atoms with Crippen molar-refractivity contribution in [3.63, 3.8) is 0 Å². The van der Waals surface area contributed by atoms with E-state index in [4.69, 9.17) is 16.3 Å². The van der Waals surface area contributed by atoms with Gasteiger partial charge in [-0.2, -0.15) is 5.10 Å². The van der Waals surface area contributed by atoms with E-state index in [0.717, 1.165) is 16.7 Å². The average molecular weight is 534 g/mol. The molecule has 0 unspecified atom stereocenters. The van der Waals surface area contributed by atoms with Crippen molar-refractivity contribution >= 4 is 39.4 Å². The van der Waals surface area contributed by atoms with Crippen LogP contribution < -0.4 is 14.9 Å². The van der Waals surface area contributed by atoms with E-state index in [1.165, 1.54) is 30.5 Å². The van der Waals surface area contributed by atoms with Gasteiger partial charge in [0.25, 0.3) is 15.9 Å². The minimum atomic E-state index is -3.72. The van der Waals surface area contributed by atoms with Gasteiger partial charge < -0.3 is 4.74 Å². The predicted molar refractivity (Wildman–Crippen MR) is 146 cm³/mol. The smallest absolute Gasteiger partial charge is 0.271 e. The fourth-order valence-electron chi connectivity index (χ4n) is 3.28. The van der Waals surface area contributed by atoms with Gasteiger partial charge in [0.15, 0.2) is 0 Å². The third-order valence-corrected chi connectivity index (χ3v) is 6.94. The number of nitrogens with one attached hydrogen (secondary N) is 2. The van der Waals surface area contributed by atoms with Gasteiger partial charge in [0.05, 0.1) is 11.1 Å². The summed E-state index contributed by atoms with van der Waals surface area (Å²) in [5, 5.41) is 4.68. The van der Waals surface area contributed by atoms with Crippen LogP contribution in [0.15, 0.2) is 107 Å². The van der Waals surface area contributed by atoms with Crippen molar-refractivity contribution in [2.75, 3.05) is 4.72 Å². The molecule has 1 amide bonds. The number of aryl methyl sites for hydroxylation is 1. The van der Waals surface area contributed by atoms with E-state index in [9.17, 15) is 13.2 Å². The number of carbonyl (C=O) groups excluding carboxylic acids is 1. The summed E-state index contributed by atoms with van der Waals surface area (Å²) in [6, 6.07) is 27.3. The number of amides is 1. The van der Waals surface area contributed by atoms with Gasteiger partial charge in [-0.1, -0.05) is 53.6 Å². The van der Waals surface area contributed by atoms with Gasteiger partial charge >= 0.3 is 0 Å². The third-order valence-electron chi connectivity index (χ3n) is 5.29. The van der Waals surface area contributed by atoms with E-state index in [1.54, 1.807) is 30.3 Å². The van der Waals surface area contributed by atoms with Crippen molar-refractivity contribution in [2.24, 2.45) is 5.10 Å². The molecule has 0 aliphatic rings. The molecule has 37 heavy (non-hydrogen) atoms. The average Bonchev–Trinajstić information content (AvgIpc) is 2.89. The maximum atomic E-state index is 12.5. The van der Waals surface area contributed by atoms with Gasteiger partial charge in [-0.15, -0.1) is 0 Å². The van der Waals surface area contributed by atoms with Crippen LogP contribution in [0.2, 0.25) is 5.02 Å². The lowest BCUT2D eigenvalue weighted by Gasteiger charge is -2.09. The first-order chi connectivity index (χ1) is 17.8. The van der Waals surface area contributed by atoms with Crippen LogP contribution in [0.3, 0.4) is 0 Å². The lowest BCUT2D eigenvalue weighted by atomic mass is 10.2. The number of benzene rings is 4. The lowest BCUT2D eigenvalue weighted by Crippen LogP contribution is -2.18. The number of anilines is 1. The van der Waals surface area contributed by atoms with E-state index in [0.29, 0.717) is 28.6 Å². The molecule has 188 valence electrons. The zero-order chi connectivity index (χ0) is 26.3. The zero-order valence-electron chi connectivity index (χ0n) is 19.9. The summed E-state index contributed by atoms with van der Waals surface area (Å²) in [7, 11) is -3.72. The number of hydrogen-bond acceptors (Lipinski definition) is 5. The van der Waals surface area contributed by atoms with Crippen LogP contribution in [0.25, 0.3) is 0 Å². The molecule has 0 radical (unpaired) electrons. The van der Waals surface area contributed by atoms with Crippen molar-refractivity contribution in [1.29, 1.82) is 0 Å². The van der Waals surface area contributed by atoms with Crippen molar-refractivity contribution in [2.45, 2.75) is 18.4 Å². The topological polar surface area (TPSA) is 96.9 Å². The van der Waals surface area contributed by atoms with Gasteiger partial charge in [0.2, 0.25) is 0 Å². The van der Waals surface area contributed by atoms with Gasteiger partial charge in [-0.05, 0) is 78.7 Å². The van der Waals surface area contributed by atoms with Crippen LogP contribution in [0.1, 0.15) is 27.0 Å². The maximum absolute atomic E-state index is 12.5. The molecule has 0 atom stereocenters. The second-order valence-electron chi connectivity index (χ2n) is 8.18. The largest absolute Gasteiger partial charge is 0.489 e. The van der Waals surface area contributed by atoms with Gasteiger partial charge in [0.1, 0.15) is 12.4 Å². The van der Waals surface area contributed by atoms with E-state index < -0.39 is 15.9 Å². The molecule has 0 heterocycles. The number of nitrogens with zero attached hydrogens (tertiary/aromatic N) is 1. The van der Waals surface area contributed by atoms with Crippen molar-refractivity contribution < 1.29 is 17.9 Å². The molecule has 0 saturated heterocycles. The van der Waals surface area contributed by atoms with E-state index in [1.807, 2.05) is 49.4 Å². The van der Waals surface area contributed by atoms with Crippen molar-refractivity contribution in [3.05, 3.63) is 124 Å². The molecule has 2 N–H and O–H groups in total. The molecule has 9 heteroatoms. The molecule has 0 saturated carbocycles. The summed E-state index contributed by atoms with van der Waals surface area (Å²) in [4.78, 5) is 12.6. The van der Waals surface area contributed by atoms with E-state index >= 15 is 0 Å². The lowest BCUT2D eigenvalue weighted by molar-refractivity contribution is 0.0955. The molecule has 0 aliphatic heterocycles. The molecule has 4 aromatic carbocycles. The molecule has 0 fully saturated rings. The standard InChI is InChI=1S/C28H24ClN3O4S/c1-20-5-15-27(16-6-20)37(34,35)32-25-13-9-23(10-14-25)28(33)31-30-18-22-3-2-4-26(17-22)36-19-21-7-11-24(29)12-8-21/h2-18,32H,19H2,1H3,(H,31,33)/b30-18+. The van der Waals surface area contributed by atoms with Crippen LogP contribution in [-0.4, -0.2) is 20.5 Å². The van der Waals surface area contributed by atoms with Gasteiger partial charge in [-0.3, -0.25) is 9.52 Å². The molecular weight excluding hydrogens is 510 g/mol. The second-order valence-corrected chi connectivity index (χ2v) is 10.3. The number of sulfonamides is 1. The normalized spacial score (nSPS) is 11.3. The number of hydrogen-bond donors (Lipinski definition) is 2. The summed E-state index contributed by atoms with van der Waals surface area (Å²) in [5.41, 5.74) is 5.84. The summed E-state index contributed by atoms with van der Waals surface area (Å²) >= 11 is 5.90. The number of halogens is 1. The first-order valence-electron chi connectivity index (χ1n) is 11.3. The highest BCUT2D eigenvalue weighted by molar-refractivity contribution is 7.92. The maximum Gasteiger partial charge on any atom is 0.271 e. The Balaban J connectivity index is 1.31. The minimum Gasteiger partial charge on any atom is -0.489 e. The number of hydrazone groups is 1. The highest BCUT2D eigenvalue weighted by Gasteiger charge is 2.14. The number of rotatable bonds is 9. The van der Waals surface area contributed by atoms with Crippen LogP contribution >= 0.6 is 11.6 Å². The first kappa shape index (κ1) is 25.9. The summed E-state index contributed by atoms with van der Waals surface area (Å²) in [5.74, 6) is 0.230. The van der Waals surface area contributed by atoms with Crippen LogP contribution in [0, 0.1) is 6.92 Å². The third kappa shape index (κ3) is 7.42. The Labute approximate surface area is 220 Å². The molecule has 0 spiro atoms. The summed E-state index contributed by atoms with van der Waals surface area (Å²) in [6.07, 6.45) is 1.51. The van der Waals surface area contributed by atoms with Crippen LogP contribution in [0.4, 0.5) is 5.69 Å². The Morgan fingerprint density at radius 2 is 1.65 bits per heavy atom. The molecule has 0 bridgehead atoms. The molecular formula is C28H24ClN3O4S. The van der Waals surface area contributed by atoms with Crippen LogP contribution in [0.5, 0.6) is 5.75 Å². The second kappa shape index (κ2) is 11.7. The molecule has 4 rings (SSSR count). The summed E-state index contributed by atoms with van der Waals surface area (Å²) < 4.78 is 33.4. The molecule has 4 aromatic rings. The Bertz CT molecular complexity index is 1500. The van der Waals surface area contributed by atoms with Crippen molar-refractivity contribution in [1.82, 2.24) is 5.43 Å². The first-order valence-corrected chi connectivity index (χ1v) is 13.1. The zero-order valence-corrected chi connectivity index (χ0v) is 21.5. The predicted octanol–water partition coefficient (Wildman–Crippen LogP) is 5.79. The molecule has 0 aliphatic carbocycles. The SMILES string of the molecule is Cc1ccc(S(=O)(=O)Nc2ccc(C(=O)N/N=C/c3cccc(OCc4ccc(Cl)cc4)c3)cc2)cc1. The molecule has 7 nitrogen and oxygen atoms in total. The highest BCUT2D eigenvalue weighted by atomic mass is 35.5.